The Kier molecular flexibility index (Phi) is 8.01. The number of halogens is 1. The predicted octanol–water partition coefficient (Wildman–Crippen LogP) is 5.07. The van der Waals surface area contributed by atoms with Gasteiger partial charge in [0.25, 0.3) is 5.01 Å². The van der Waals surface area contributed by atoms with E-state index in [1.54, 1.807) is 0 Å². The highest BCUT2D eigenvalue weighted by Crippen LogP contribution is 2.47. The molecule has 3 aliphatic rings. The molecule has 0 amide bonds. The van der Waals surface area contributed by atoms with E-state index in [-0.39, 0.29) is 0 Å². The van der Waals surface area contributed by atoms with Crippen LogP contribution < -0.4 is 9.67 Å². The number of hydrogen-bond donors (Lipinski definition) is 0. The summed E-state index contributed by atoms with van der Waals surface area (Å²) in [6, 6.07) is 6.57. The molecule has 0 N–H and O–H groups in total. The van der Waals surface area contributed by atoms with Gasteiger partial charge in [0.15, 0.2) is 0 Å². The lowest BCUT2D eigenvalue weighted by molar-refractivity contribution is -0.665. The zero-order valence-electron chi connectivity index (χ0n) is 21.4. The molecule has 4 atom stereocenters. The van der Waals surface area contributed by atoms with Gasteiger partial charge in [-0.1, -0.05) is 29.9 Å². The molecule has 0 radical (unpaired) electrons. The summed E-state index contributed by atoms with van der Waals surface area (Å²) in [6.45, 7) is 9.44. The molecule has 1 saturated carbocycles. The van der Waals surface area contributed by atoms with Gasteiger partial charge in [0.05, 0.1) is 11.0 Å². The molecule has 194 valence electrons. The SMILES string of the molecule is CCC(/C=C1\SC2CCC(N3CCCC3C(=O)[O-])CC2N1CC)=C\c1sc2ccc(Cl)cc2[n+]1CC. The maximum atomic E-state index is 11.7. The van der Waals surface area contributed by atoms with Gasteiger partial charge in [0.1, 0.15) is 11.2 Å². The van der Waals surface area contributed by atoms with Crippen LogP contribution in [0.15, 0.2) is 34.9 Å². The molecule has 2 saturated heterocycles. The van der Waals surface area contributed by atoms with E-state index in [2.05, 4.69) is 59.4 Å². The first-order valence-electron chi connectivity index (χ1n) is 13.4. The number of hydrogen-bond acceptors (Lipinski definition) is 6. The third kappa shape index (κ3) is 4.96. The lowest BCUT2D eigenvalue weighted by Gasteiger charge is -2.41. The number of carbonyl (C=O) groups excluding carboxylic acids is 1. The second-order valence-corrected chi connectivity index (χ2v) is 12.8. The van der Waals surface area contributed by atoms with Crippen molar-refractivity contribution in [2.24, 2.45) is 0 Å². The van der Waals surface area contributed by atoms with E-state index >= 15 is 0 Å². The average Bonchev–Trinajstić information content (AvgIpc) is 3.57. The van der Waals surface area contributed by atoms with Gasteiger partial charge >= 0.3 is 0 Å². The van der Waals surface area contributed by atoms with Crippen LogP contribution in [0.1, 0.15) is 64.3 Å². The number of aromatic nitrogens is 1. The number of likely N-dealkylation sites (tertiary alicyclic amines) is 1. The molecule has 1 aromatic heterocycles. The second-order valence-electron chi connectivity index (χ2n) is 10.0. The number of carbonyl (C=O) groups is 1. The number of rotatable bonds is 7. The Bertz CT molecular complexity index is 1190. The Labute approximate surface area is 227 Å². The number of nitrogens with zero attached hydrogens (tertiary/aromatic N) is 3. The smallest absolute Gasteiger partial charge is 0.263 e. The maximum Gasteiger partial charge on any atom is 0.263 e. The minimum Gasteiger partial charge on any atom is -0.548 e. The lowest BCUT2D eigenvalue weighted by Crippen LogP contribution is -2.53. The van der Waals surface area contributed by atoms with Crippen LogP contribution >= 0.6 is 34.7 Å². The second kappa shape index (κ2) is 11.1. The van der Waals surface area contributed by atoms with Crippen molar-refractivity contribution in [3.8, 4) is 0 Å². The zero-order valence-corrected chi connectivity index (χ0v) is 23.8. The van der Waals surface area contributed by atoms with Crippen LogP contribution in [-0.4, -0.2) is 52.2 Å². The van der Waals surface area contributed by atoms with Crippen molar-refractivity contribution < 1.29 is 14.5 Å². The normalized spacial score (nSPS) is 28.4. The number of thiazole rings is 1. The maximum absolute atomic E-state index is 11.7. The highest BCUT2D eigenvalue weighted by molar-refractivity contribution is 8.03. The van der Waals surface area contributed by atoms with Crippen molar-refractivity contribution in [2.75, 3.05) is 13.1 Å². The van der Waals surface area contributed by atoms with Gasteiger partial charge in [0, 0.05) is 47.1 Å². The van der Waals surface area contributed by atoms with E-state index in [0.717, 1.165) is 63.2 Å². The van der Waals surface area contributed by atoms with E-state index < -0.39 is 12.0 Å². The largest absolute Gasteiger partial charge is 0.548 e. The molecule has 5 nitrogen and oxygen atoms in total. The van der Waals surface area contributed by atoms with Crippen molar-refractivity contribution in [2.45, 2.75) is 89.2 Å². The molecule has 36 heavy (non-hydrogen) atoms. The fraction of sp³-hybridized carbons (Fsp3) is 0.571. The van der Waals surface area contributed by atoms with E-state index in [9.17, 15) is 9.90 Å². The summed E-state index contributed by atoms with van der Waals surface area (Å²) in [7, 11) is 0. The van der Waals surface area contributed by atoms with E-state index in [1.807, 2.05) is 29.2 Å². The van der Waals surface area contributed by atoms with Gasteiger partial charge in [-0.2, -0.15) is 4.57 Å². The molecule has 2 aromatic rings. The van der Waals surface area contributed by atoms with Crippen LogP contribution in [-0.2, 0) is 11.3 Å². The van der Waals surface area contributed by atoms with Crippen LogP contribution in [0.2, 0.25) is 5.02 Å². The predicted molar refractivity (Wildman–Crippen MR) is 149 cm³/mol. The summed E-state index contributed by atoms with van der Waals surface area (Å²) in [5.41, 5.74) is 2.53. The number of allylic oxidation sites excluding steroid dienone is 2. The number of carboxylic acids is 1. The minimum absolute atomic E-state index is 0.348. The topological polar surface area (TPSA) is 50.5 Å². The van der Waals surface area contributed by atoms with Crippen molar-refractivity contribution in [1.82, 2.24) is 9.80 Å². The summed E-state index contributed by atoms with van der Waals surface area (Å²) in [5.74, 6) is -0.895. The monoisotopic (exact) mass is 545 g/mol. The molecular weight excluding hydrogens is 510 g/mol. The van der Waals surface area contributed by atoms with Gasteiger partial charge in [-0.05, 0) is 82.7 Å². The first-order valence-corrected chi connectivity index (χ1v) is 15.4. The van der Waals surface area contributed by atoms with Crippen LogP contribution in [0.3, 0.4) is 0 Å². The first-order chi connectivity index (χ1) is 17.4. The fourth-order valence-electron chi connectivity index (χ4n) is 6.31. The van der Waals surface area contributed by atoms with Gasteiger partial charge < -0.3 is 14.8 Å². The summed E-state index contributed by atoms with van der Waals surface area (Å²) in [4.78, 5) is 16.5. The summed E-state index contributed by atoms with van der Waals surface area (Å²) < 4.78 is 3.61. The first kappa shape index (κ1) is 26.1. The van der Waals surface area contributed by atoms with E-state index in [4.69, 9.17) is 11.6 Å². The number of aliphatic carboxylic acids is 1. The van der Waals surface area contributed by atoms with Gasteiger partial charge in [0.2, 0.25) is 5.52 Å². The quantitative estimate of drug-likeness (QED) is 0.455. The molecule has 1 aromatic carbocycles. The van der Waals surface area contributed by atoms with Crippen LogP contribution in [0, 0.1) is 0 Å². The van der Waals surface area contributed by atoms with E-state index in [1.165, 1.54) is 25.8 Å². The third-order valence-electron chi connectivity index (χ3n) is 8.09. The molecule has 2 aliphatic heterocycles. The number of thioether (sulfide) groups is 1. The zero-order chi connectivity index (χ0) is 25.4. The van der Waals surface area contributed by atoms with Crippen LogP contribution in [0.25, 0.3) is 16.3 Å². The Morgan fingerprint density at radius 1 is 1.25 bits per heavy atom. The molecule has 4 unspecified atom stereocenters. The number of aryl methyl sites for hydroxylation is 1. The average molecular weight is 546 g/mol. The summed E-state index contributed by atoms with van der Waals surface area (Å²) in [5, 5.41) is 15.7. The molecular formula is C28H36ClN3O2S2. The van der Waals surface area contributed by atoms with Crippen molar-refractivity contribution in [3.63, 3.8) is 0 Å². The highest BCUT2D eigenvalue weighted by Gasteiger charge is 2.44. The Balaban J connectivity index is 1.40. The van der Waals surface area contributed by atoms with Gasteiger partial charge in [-0.25, -0.2) is 0 Å². The Morgan fingerprint density at radius 2 is 2.08 bits per heavy atom. The van der Waals surface area contributed by atoms with Crippen LogP contribution in [0.4, 0.5) is 0 Å². The van der Waals surface area contributed by atoms with Crippen molar-refractivity contribution >= 4 is 57.0 Å². The number of carboxylic acid groups (broad SMARTS) is 1. The van der Waals surface area contributed by atoms with Gasteiger partial charge in [-0.3, -0.25) is 4.90 Å². The molecule has 0 bridgehead atoms. The number of benzene rings is 1. The Morgan fingerprint density at radius 3 is 2.81 bits per heavy atom. The third-order valence-corrected chi connectivity index (χ3v) is 10.9. The Hall–Kier alpha value is -1.54. The standard InChI is InChI=1S/C28H36ClN3O2S2/c1-4-18(14-26-30(5-2)22-16-19(29)9-11-24(22)35-26)15-27-31(6-3)23-17-20(10-12-25(23)36-27)32-13-7-8-21(32)28(33)34/h9,11,14-16,20-21,23,25H,4-8,10,12-13,17H2,1-3H3. The van der Waals surface area contributed by atoms with Gasteiger partial charge in [-0.15, -0.1) is 11.8 Å². The molecule has 0 spiro atoms. The van der Waals surface area contributed by atoms with Crippen LogP contribution in [0.5, 0.6) is 0 Å². The summed E-state index contributed by atoms with van der Waals surface area (Å²) >= 11 is 10.1. The fourth-order valence-corrected chi connectivity index (χ4v) is 9.26. The highest BCUT2D eigenvalue weighted by atomic mass is 35.5. The molecule has 3 fully saturated rings. The molecule has 3 heterocycles. The van der Waals surface area contributed by atoms with Crippen molar-refractivity contribution in [1.29, 1.82) is 0 Å². The minimum atomic E-state index is -0.895. The lowest BCUT2D eigenvalue weighted by atomic mass is 9.88. The number of fused-ring (bicyclic) bond motifs is 2. The van der Waals surface area contributed by atoms with E-state index in [0.29, 0.717) is 17.3 Å². The molecule has 1 aliphatic carbocycles. The molecule has 5 rings (SSSR count). The molecule has 8 heteroatoms. The van der Waals surface area contributed by atoms with Crippen molar-refractivity contribution in [3.05, 3.63) is 44.9 Å². The summed E-state index contributed by atoms with van der Waals surface area (Å²) in [6.07, 6.45) is 10.7.